The number of phenols is 1. The summed E-state index contributed by atoms with van der Waals surface area (Å²) in [5.74, 6) is 4.00. The number of ether oxygens (including phenoxy) is 5. The van der Waals surface area contributed by atoms with E-state index in [0.29, 0.717) is 36.2 Å². The average molecular weight is 833 g/mol. The van der Waals surface area contributed by atoms with Crippen LogP contribution in [0.4, 0.5) is 0 Å². The molecule has 1 N–H and O–H groups in total. The van der Waals surface area contributed by atoms with Crippen LogP contribution in [0.25, 0.3) is 0 Å². The molecule has 2 aliphatic rings. The molecule has 3 aromatic rings. The minimum atomic E-state index is -0.181. The standard InChI is InChI=1S/C18H28O2.C14H22O2.C11H20O2.C10H14O/c1-4-14(2)16-10-12-18(13-11-16)20-15(3)19-17-8-6-5-7-9-17;1-5-11(3)13-7-9-14(10-8-13)16-12(4)15-6-2;1-3-9(2)11(12)13-10-7-5-4-6-8-10;1-3-8(2)9-4-6-10(11)7-5-9/h10-15,17H,4-9H2,1-3H3;7-12H,5-6H2,1-4H3;9-10H,3-8H2,1-2H3;4-8,11H,3H2,1-2H3. The second kappa shape index (κ2) is 30.5. The highest BCUT2D eigenvalue weighted by Crippen LogP contribution is 2.26. The third-order valence-corrected chi connectivity index (χ3v) is 12.0. The summed E-state index contributed by atoms with van der Waals surface area (Å²) in [4.78, 5) is 11.4. The number of rotatable bonds is 17. The summed E-state index contributed by atoms with van der Waals surface area (Å²) in [7, 11) is 0. The molecule has 7 heteroatoms. The van der Waals surface area contributed by atoms with Crippen molar-refractivity contribution >= 4 is 5.97 Å². The molecule has 0 radical (unpaired) electrons. The van der Waals surface area contributed by atoms with Crippen molar-refractivity contribution in [2.75, 3.05) is 6.61 Å². The molecule has 0 aromatic heterocycles. The molecule has 338 valence electrons. The van der Waals surface area contributed by atoms with Crippen LogP contribution in [0.5, 0.6) is 17.2 Å². The molecule has 0 spiro atoms. The van der Waals surface area contributed by atoms with Crippen molar-refractivity contribution in [3.8, 4) is 17.2 Å². The van der Waals surface area contributed by atoms with Crippen molar-refractivity contribution in [2.24, 2.45) is 5.92 Å². The number of carbonyl (C=O) groups excluding carboxylic acids is 1. The first-order valence-electron chi connectivity index (χ1n) is 23.6. The number of phenolic OH excluding ortho intramolecular Hbond substituents is 1. The van der Waals surface area contributed by atoms with Gasteiger partial charge in [-0.3, -0.25) is 4.79 Å². The summed E-state index contributed by atoms with van der Waals surface area (Å²) >= 11 is 0. The van der Waals surface area contributed by atoms with Crippen molar-refractivity contribution in [2.45, 2.75) is 209 Å². The minimum Gasteiger partial charge on any atom is -0.508 e. The molecule has 0 aliphatic heterocycles. The van der Waals surface area contributed by atoms with Gasteiger partial charge in [0.25, 0.3) is 0 Å². The van der Waals surface area contributed by atoms with E-state index < -0.39 is 0 Å². The third-order valence-electron chi connectivity index (χ3n) is 12.0. The number of hydrogen-bond donors (Lipinski definition) is 1. The molecular weight excluding hydrogens is 749 g/mol. The van der Waals surface area contributed by atoms with E-state index in [2.05, 4.69) is 77.9 Å². The Bertz CT molecular complexity index is 1490. The van der Waals surface area contributed by atoms with Crippen LogP contribution in [0.2, 0.25) is 0 Å². The van der Waals surface area contributed by atoms with Crippen LogP contribution in [0.1, 0.15) is 200 Å². The van der Waals surface area contributed by atoms with Gasteiger partial charge in [0.05, 0.1) is 12.0 Å². The molecule has 7 nitrogen and oxygen atoms in total. The highest BCUT2D eigenvalue weighted by molar-refractivity contribution is 5.72. The topological polar surface area (TPSA) is 83.5 Å². The maximum atomic E-state index is 11.4. The van der Waals surface area contributed by atoms with Crippen LogP contribution in [0, 0.1) is 5.92 Å². The molecule has 0 heterocycles. The van der Waals surface area contributed by atoms with E-state index in [9.17, 15) is 4.79 Å². The Morgan fingerprint density at radius 2 is 0.917 bits per heavy atom. The predicted molar refractivity (Wildman–Crippen MR) is 249 cm³/mol. The van der Waals surface area contributed by atoms with Gasteiger partial charge in [-0.15, -0.1) is 0 Å². The van der Waals surface area contributed by atoms with Gasteiger partial charge >= 0.3 is 5.97 Å². The zero-order valence-electron chi connectivity index (χ0n) is 39.6. The predicted octanol–water partition coefficient (Wildman–Crippen LogP) is 15.0. The number of esters is 1. The zero-order valence-corrected chi connectivity index (χ0v) is 39.6. The molecule has 0 amide bonds. The van der Waals surface area contributed by atoms with Gasteiger partial charge in [-0.1, -0.05) is 117 Å². The fourth-order valence-electron chi connectivity index (χ4n) is 7.04. The second-order valence-corrected chi connectivity index (χ2v) is 16.9. The quantitative estimate of drug-likeness (QED) is 0.107. The molecule has 5 rings (SSSR count). The molecule has 60 heavy (non-hydrogen) atoms. The second-order valence-electron chi connectivity index (χ2n) is 16.9. The lowest BCUT2D eigenvalue weighted by Crippen LogP contribution is -2.26. The Kier molecular flexibility index (Phi) is 26.7. The monoisotopic (exact) mass is 833 g/mol. The summed E-state index contributed by atoms with van der Waals surface area (Å²) in [6, 6.07) is 24.1. The van der Waals surface area contributed by atoms with E-state index in [0.717, 1.165) is 43.6 Å². The Morgan fingerprint density at radius 3 is 1.30 bits per heavy atom. The van der Waals surface area contributed by atoms with E-state index >= 15 is 0 Å². The zero-order chi connectivity index (χ0) is 44.3. The van der Waals surface area contributed by atoms with Crippen LogP contribution in [-0.4, -0.2) is 42.5 Å². The summed E-state index contributed by atoms with van der Waals surface area (Å²) in [6.45, 7) is 23.8. The van der Waals surface area contributed by atoms with Crippen LogP contribution >= 0.6 is 0 Å². The first-order chi connectivity index (χ1) is 28.8. The molecule has 0 saturated heterocycles. The maximum Gasteiger partial charge on any atom is 0.308 e. The highest BCUT2D eigenvalue weighted by atomic mass is 16.7. The molecule has 2 saturated carbocycles. The summed E-state index contributed by atoms with van der Waals surface area (Å²) in [5, 5.41) is 9.01. The fraction of sp³-hybridized carbons (Fsp3) is 0.642. The lowest BCUT2D eigenvalue weighted by molar-refractivity contribution is -0.155. The number of hydrogen-bond acceptors (Lipinski definition) is 7. The van der Waals surface area contributed by atoms with Crippen molar-refractivity contribution in [3.63, 3.8) is 0 Å². The maximum absolute atomic E-state index is 11.4. The van der Waals surface area contributed by atoms with E-state index in [1.54, 1.807) is 12.1 Å². The van der Waals surface area contributed by atoms with Gasteiger partial charge in [-0.2, -0.15) is 0 Å². The average Bonchev–Trinajstić information content (AvgIpc) is 3.27. The normalized spacial score (nSPS) is 17.3. The van der Waals surface area contributed by atoms with Crippen molar-refractivity contribution in [3.05, 3.63) is 89.5 Å². The summed E-state index contributed by atoms with van der Waals surface area (Å²) in [6.07, 6.45) is 16.8. The Balaban J connectivity index is 0.000000283. The summed E-state index contributed by atoms with van der Waals surface area (Å²) < 4.78 is 28.2. The Labute approximate surface area is 366 Å². The largest absolute Gasteiger partial charge is 0.508 e. The van der Waals surface area contributed by atoms with Crippen LogP contribution in [0.3, 0.4) is 0 Å². The van der Waals surface area contributed by atoms with Crippen LogP contribution in [-0.2, 0) is 19.0 Å². The lowest BCUT2D eigenvalue weighted by Gasteiger charge is -2.26. The van der Waals surface area contributed by atoms with Gasteiger partial charge in [-0.05, 0) is 156 Å². The Morgan fingerprint density at radius 1 is 0.533 bits per heavy atom. The first-order valence-corrected chi connectivity index (χ1v) is 23.6. The lowest BCUT2D eigenvalue weighted by atomic mass is 9.97. The number of carbonyl (C=O) groups is 1. The molecule has 2 fully saturated rings. The van der Waals surface area contributed by atoms with E-state index in [1.807, 2.05) is 58.9 Å². The molecule has 0 bridgehead atoms. The molecular formula is C53H84O7. The third kappa shape index (κ3) is 21.3. The van der Waals surface area contributed by atoms with Gasteiger partial charge in [0.15, 0.2) is 12.6 Å². The summed E-state index contributed by atoms with van der Waals surface area (Å²) in [5.41, 5.74) is 4.03. The minimum absolute atomic E-state index is 0.00519. The smallest absolute Gasteiger partial charge is 0.308 e. The van der Waals surface area contributed by atoms with Gasteiger partial charge < -0.3 is 28.8 Å². The molecule has 6 unspecified atom stereocenters. The van der Waals surface area contributed by atoms with Gasteiger partial charge in [-0.25, -0.2) is 0 Å². The van der Waals surface area contributed by atoms with Crippen molar-refractivity contribution in [1.29, 1.82) is 0 Å². The number of aromatic hydroxyl groups is 1. The van der Waals surface area contributed by atoms with Crippen LogP contribution in [0.15, 0.2) is 72.8 Å². The first kappa shape index (κ1) is 52.6. The van der Waals surface area contributed by atoms with Gasteiger partial charge in [0.2, 0.25) is 0 Å². The molecule has 2 aliphatic carbocycles. The molecule has 3 aromatic carbocycles. The highest BCUT2D eigenvalue weighted by Gasteiger charge is 2.21. The van der Waals surface area contributed by atoms with Crippen molar-refractivity contribution in [1.82, 2.24) is 0 Å². The fourth-order valence-corrected chi connectivity index (χ4v) is 7.04. The van der Waals surface area contributed by atoms with Gasteiger partial charge in [0, 0.05) is 6.61 Å². The number of benzene rings is 3. The van der Waals surface area contributed by atoms with E-state index in [4.69, 9.17) is 28.8 Å². The Hall–Kier alpha value is -3.55. The van der Waals surface area contributed by atoms with E-state index in [-0.39, 0.29) is 30.6 Å². The SMILES string of the molecule is CCC(C)C(=O)OC1CCCCC1.CCC(C)c1ccc(O)cc1.CCC(C)c1ccc(OC(C)OC2CCCCC2)cc1.CCOC(C)Oc1ccc(C(C)CC)cc1. The van der Waals surface area contributed by atoms with Crippen LogP contribution < -0.4 is 9.47 Å². The van der Waals surface area contributed by atoms with Crippen molar-refractivity contribution < 1.29 is 33.6 Å². The molecule has 6 atom stereocenters. The van der Waals surface area contributed by atoms with Gasteiger partial charge in [0.1, 0.15) is 23.4 Å². The van der Waals surface area contributed by atoms with E-state index in [1.165, 1.54) is 74.5 Å².